The molecule has 1 aromatic carbocycles. The van der Waals surface area contributed by atoms with E-state index in [1.54, 1.807) is 18.2 Å². The summed E-state index contributed by atoms with van der Waals surface area (Å²) in [6.07, 6.45) is 1.03. The Morgan fingerprint density at radius 3 is 2.78 bits per heavy atom. The summed E-state index contributed by atoms with van der Waals surface area (Å²) in [6, 6.07) is 6.60. The van der Waals surface area contributed by atoms with Gasteiger partial charge in [0.2, 0.25) is 11.8 Å². The molecule has 96 valence electrons. The van der Waals surface area contributed by atoms with Crippen molar-refractivity contribution in [3.63, 3.8) is 0 Å². The molecular weight excluding hydrogens is 233 g/mol. The second-order valence-corrected chi connectivity index (χ2v) is 3.96. The summed E-state index contributed by atoms with van der Waals surface area (Å²) in [5.74, 6) is 0.791. The normalized spacial score (nSPS) is 10.8. The van der Waals surface area contributed by atoms with Crippen LogP contribution in [0.2, 0.25) is 0 Å². The summed E-state index contributed by atoms with van der Waals surface area (Å²) >= 11 is 0. The Balaban J connectivity index is 1.96. The Bertz CT molecular complexity index is 498. The van der Waals surface area contributed by atoms with Gasteiger partial charge in [0.1, 0.15) is 5.82 Å². The molecule has 18 heavy (non-hydrogen) atoms. The minimum absolute atomic E-state index is 0.245. The molecule has 0 aliphatic rings. The molecule has 0 saturated heterocycles. The Labute approximate surface area is 105 Å². The molecule has 2 aromatic rings. The highest BCUT2D eigenvalue weighted by Crippen LogP contribution is 2.12. The molecule has 0 amide bonds. The van der Waals surface area contributed by atoms with Crippen molar-refractivity contribution in [1.29, 1.82) is 0 Å². The first-order valence-corrected chi connectivity index (χ1v) is 6.05. The van der Waals surface area contributed by atoms with Crippen LogP contribution < -0.4 is 5.32 Å². The number of likely N-dealkylation sites (N-methyl/N-ethyl adjacent to an activating group) is 1. The molecule has 0 bridgehead atoms. The van der Waals surface area contributed by atoms with E-state index in [2.05, 4.69) is 15.5 Å². The van der Waals surface area contributed by atoms with E-state index in [1.165, 1.54) is 6.07 Å². The van der Waals surface area contributed by atoms with Crippen LogP contribution in [0.1, 0.15) is 24.3 Å². The molecule has 0 aliphatic heterocycles. The zero-order valence-electron chi connectivity index (χ0n) is 10.3. The van der Waals surface area contributed by atoms with Gasteiger partial charge in [-0.25, -0.2) is 4.39 Å². The minimum Gasteiger partial charge on any atom is -0.425 e. The third-order valence-corrected chi connectivity index (χ3v) is 2.57. The van der Waals surface area contributed by atoms with Crippen molar-refractivity contribution in [3.05, 3.63) is 47.4 Å². The van der Waals surface area contributed by atoms with Crippen LogP contribution in [0, 0.1) is 5.82 Å². The maximum absolute atomic E-state index is 13.4. The van der Waals surface area contributed by atoms with Crippen LogP contribution in [-0.4, -0.2) is 23.3 Å². The molecule has 0 fully saturated rings. The maximum Gasteiger partial charge on any atom is 0.221 e. The number of hydrogen-bond donors (Lipinski definition) is 1. The smallest absolute Gasteiger partial charge is 0.221 e. The van der Waals surface area contributed by atoms with Crippen molar-refractivity contribution in [2.75, 3.05) is 13.1 Å². The van der Waals surface area contributed by atoms with Crippen LogP contribution in [0.15, 0.2) is 28.7 Å². The number of aromatic nitrogens is 2. The molecule has 0 unspecified atom stereocenters. The van der Waals surface area contributed by atoms with E-state index < -0.39 is 0 Å². The van der Waals surface area contributed by atoms with Crippen LogP contribution >= 0.6 is 0 Å². The van der Waals surface area contributed by atoms with Gasteiger partial charge in [-0.2, -0.15) is 0 Å². The van der Waals surface area contributed by atoms with Crippen molar-refractivity contribution in [1.82, 2.24) is 15.5 Å². The fraction of sp³-hybridized carbons (Fsp3) is 0.385. The highest BCUT2D eigenvalue weighted by atomic mass is 19.1. The number of rotatable bonds is 6. The van der Waals surface area contributed by atoms with Crippen LogP contribution in [0.4, 0.5) is 4.39 Å². The first-order valence-electron chi connectivity index (χ1n) is 6.05. The SMILES string of the molecule is CCNCCc1nnc(Cc2ccccc2F)o1. The van der Waals surface area contributed by atoms with Gasteiger partial charge < -0.3 is 9.73 Å². The topological polar surface area (TPSA) is 51.0 Å². The van der Waals surface area contributed by atoms with Crippen molar-refractivity contribution in [2.24, 2.45) is 0 Å². The summed E-state index contributed by atoms with van der Waals surface area (Å²) < 4.78 is 18.9. The lowest BCUT2D eigenvalue weighted by atomic mass is 10.1. The fourth-order valence-electron chi connectivity index (χ4n) is 1.64. The van der Waals surface area contributed by atoms with Crippen LogP contribution in [-0.2, 0) is 12.8 Å². The average Bonchev–Trinajstić information content (AvgIpc) is 2.80. The van der Waals surface area contributed by atoms with E-state index in [4.69, 9.17) is 4.42 Å². The van der Waals surface area contributed by atoms with Gasteiger partial charge in [-0.15, -0.1) is 10.2 Å². The molecule has 0 saturated carbocycles. The number of hydrogen-bond acceptors (Lipinski definition) is 4. The number of benzene rings is 1. The van der Waals surface area contributed by atoms with Gasteiger partial charge >= 0.3 is 0 Å². The van der Waals surface area contributed by atoms with Gasteiger partial charge in [0, 0.05) is 13.0 Å². The van der Waals surface area contributed by atoms with E-state index in [-0.39, 0.29) is 5.82 Å². The monoisotopic (exact) mass is 249 g/mol. The first-order chi connectivity index (χ1) is 8.79. The Kier molecular flexibility index (Phi) is 4.41. The summed E-state index contributed by atoms with van der Waals surface area (Å²) in [5.41, 5.74) is 0.569. The molecule has 1 heterocycles. The zero-order chi connectivity index (χ0) is 12.8. The van der Waals surface area contributed by atoms with Gasteiger partial charge in [-0.05, 0) is 18.2 Å². The molecule has 0 spiro atoms. The Morgan fingerprint density at radius 1 is 1.22 bits per heavy atom. The van der Waals surface area contributed by atoms with Gasteiger partial charge in [0.15, 0.2) is 0 Å². The highest BCUT2D eigenvalue weighted by molar-refractivity contribution is 5.20. The second-order valence-electron chi connectivity index (χ2n) is 3.96. The minimum atomic E-state index is -0.245. The Morgan fingerprint density at radius 2 is 2.00 bits per heavy atom. The third kappa shape index (κ3) is 3.37. The number of halogens is 1. The summed E-state index contributed by atoms with van der Waals surface area (Å²) in [5, 5.41) is 11.0. The van der Waals surface area contributed by atoms with Gasteiger partial charge in [0.25, 0.3) is 0 Å². The fourth-order valence-corrected chi connectivity index (χ4v) is 1.64. The Hall–Kier alpha value is -1.75. The van der Waals surface area contributed by atoms with E-state index in [0.717, 1.165) is 13.1 Å². The van der Waals surface area contributed by atoms with Gasteiger partial charge in [-0.3, -0.25) is 0 Å². The number of nitrogens with one attached hydrogen (secondary N) is 1. The molecule has 0 aliphatic carbocycles. The zero-order valence-corrected chi connectivity index (χ0v) is 10.3. The molecule has 1 N–H and O–H groups in total. The lowest BCUT2D eigenvalue weighted by Crippen LogP contribution is -2.16. The maximum atomic E-state index is 13.4. The molecule has 5 heteroatoms. The molecule has 1 aromatic heterocycles. The molecule has 0 atom stereocenters. The molecule has 0 radical (unpaired) electrons. The van der Waals surface area contributed by atoms with E-state index >= 15 is 0 Å². The van der Waals surface area contributed by atoms with E-state index in [1.807, 2.05) is 6.92 Å². The second kappa shape index (κ2) is 6.26. The molecular formula is C13H16FN3O. The van der Waals surface area contributed by atoms with E-state index in [9.17, 15) is 4.39 Å². The third-order valence-electron chi connectivity index (χ3n) is 2.57. The predicted octanol–water partition coefficient (Wildman–Crippen LogP) is 1.95. The van der Waals surface area contributed by atoms with Crippen molar-refractivity contribution in [3.8, 4) is 0 Å². The van der Waals surface area contributed by atoms with Crippen molar-refractivity contribution >= 4 is 0 Å². The lowest BCUT2D eigenvalue weighted by Gasteiger charge is -1.98. The predicted molar refractivity (Wildman–Crippen MR) is 65.8 cm³/mol. The summed E-state index contributed by atoms with van der Waals surface area (Å²) in [7, 11) is 0. The van der Waals surface area contributed by atoms with Crippen molar-refractivity contribution < 1.29 is 8.81 Å². The van der Waals surface area contributed by atoms with Crippen molar-refractivity contribution in [2.45, 2.75) is 19.8 Å². The average molecular weight is 249 g/mol. The summed E-state index contributed by atoms with van der Waals surface area (Å²) in [6.45, 7) is 3.76. The van der Waals surface area contributed by atoms with Gasteiger partial charge in [-0.1, -0.05) is 25.1 Å². The quantitative estimate of drug-likeness (QED) is 0.795. The first kappa shape index (κ1) is 12.7. The van der Waals surface area contributed by atoms with Gasteiger partial charge in [0.05, 0.1) is 6.42 Å². The molecule has 2 rings (SSSR count). The highest BCUT2D eigenvalue weighted by Gasteiger charge is 2.09. The largest absolute Gasteiger partial charge is 0.425 e. The van der Waals surface area contributed by atoms with Crippen LogP contribution in [0.5, 0.6) is 0 Å². The standard InChI is InChI=1S/C13H16FN3O/c1-2-15-8-7-12-16-17-13(18-12)9-10-5-3-4-6-11(10)14/h3-6,15H,2,7-9H2,1H3. The lowest BCUT2D eigenvalue weighted by molar-refractivity contribution is 0.450. The van der Waals surface area contributed by atoms with Crippen LogP contribution in [0.3, 0.4) is 0 Å². The number of nitrogens with zero attached hydrogens (tertiary/aromatic N) is 2. The summed E-state index contributed by atoms with van der Waals surface area (Å²) in [4.78, 5) is 0. The van der Waals surface area contributed by atoms with Crippen LogP contribution in [0.25, 0.3) is 0 Å². The molecule has 4 nitrogen and oxygen atoms in total. The van der Waals surface area contributed by atoms with E-state index in [0.29, 0.717) is 30.2 Å².